The van der Waals surface area contributed by atoms with Crippen molar-refractivity contribution in [3.8, 4) is 0 Å². The predicted molar refractivity (Wildman–Crippen MR) is 45.7 cm³/mol. The van der Waals surface area contributed by atoms with E-state index in [2.05, 4.69) is 34.1 Å². The van der Waals surface area contributed by atoms with E-state index >= 15 is 0 Å². The lowest BCUT2D eigenvalue weighted by Crippen LogP contribution is -2.28. The molecule has 0 unspecified atom stereocenters. The fourth-order valence-corrected chi connectivity index (χ4v) is 2.29. The van der Waals surface area contributed by atoms with Crippen molar-refractivity contribution in [2.75, 3.05) is 0 Å². The summed E-state index contributed by atoms with van der Waals surface area (Å²) in [6, 6.07) is 0. The van der Waals surface area contributed by atoms with Crippen molar-refractivity contribution in [3.63, 3.8) is 0 Å². The molecule has 0 aromatic carbocycles. The van der Waals surface area contributed by atoms with Gasteiger partial charge in [-0.2, -0.15) is 12.8 Å². The Morgan fingerprint density at radius 1 is 0.900 bits per heavy atom. The summed E-state index contributed by atoms with van der Waals surface area (Å²) in [6.45, 7) is 9.46. The van der Waals surface area contributed by atoms with Crippen molar-refractivity contribution in [1.29, 1.82) is 0 Å². The van der Waals surface area contributed by atoms with Gasteiger partial charge in [0.1, 0.15) is 0 Å². The summed E-state index contributed by atoms with van der Waals surface area (Å²) in [6.07, 6.45) is 6.42. The third-order valence-electron chi connectivity index (χ3n) is 2.35. The van der Waals surface area contributed by atoms with Gasteiger partial charge in [0.2, 0.25) is 0 Å². The molecule has 0 spiro atoms. The molecule has 0 heteroatoms. The molecular weight excluding hydrogens is 120 g/mol. The monoisotopic (exact) mass is 139 g/mol. The summed E-state index contributed by atoms with van der Waals surface area (Å²) in [5, 5.41) is 0. The van der Waals surface area contributed by atoms with Crippen molar-refractivity contribution in [2.45, 2.75) is 47.0 Å². The van der Waals surface area contributed by atoms with Crippen molar-refractivity contribution in [3.05, 3.63) is 6.42 Å². The highest BCUT2D eigenvalue weighted by Crippen LogP contribution is 2.44. The van der Waals surface area contributed by atoms with Gasteiger partial charge in [-0.25, -0.2) is 0 Å². The van der Waals surface area contributed by atoms with Crippen LogP contribution >= 0.6 is 0 Å². The fourth-order valence-electron chi connectivity index (χ4n) is 2.29. The van der Waals surface area contributed by atoms with Gasteiger partial charge in [-0.15, -0.1) is 0 Å². The smallest absolute Gasteiger partial charge is 0.0478 e. The van der Waals surface area contributed by atoms with E-state index in [9.17, 15) is 0 Å². The van der Waals surface area contributed by atoms with E-state index in [0.29, 0.717) is 10.8 Å². The van der Waals surface area contributed by atoms with Crippen LogP contribution in [0.25, 0.3) is 0 Å². The summed E-state index contributed by atoms with van der Waals surface area (Å²) in [7, 11) is 0. The van der Waals surface area contributed by atoms with E-state index in [-0.39, 0.29) is 0 Å². The third-order valence-corrected chi connectivity index (χ3v) is 2.35. The SMILES string of the molecule is CC1(C)C[CH-]CC(C)(C)C1. The molecule has 1 rings (SSSR count). The van der Waals surface area contributed by atoms with Crippen molar-refractivity contribution in [2.24, 2.45) is 10.8 Å². The quantitative estimate of drug-likeness (QED) is 0.451. The van der Waals surface area contributed by atoms with Gasteiger partial charge in [-0.1, -0.05) is 38.5 Å². The Kier molecular flexibility index (Phi) is 1.82. The summed E-state index contributed by atoms with van der Waals surface area (Å²) < 4.78 is 0. The van der Waals surface area contributed by atoms with Crippen LogP contribution < -0.4 is 0 Å². The fraction of sp³-hybridized carbons (Fsp3) is 0.900. The lowest BCUT2D eigenvalue weighted by atomic mass is 9.65. The molecule has 1 saturated carbocycles. The average molecular weight is 139 g/mol. The van der Waals surface area contributed by atoms with Gasteiger partial charge >= 0.3 is 0 Å². The first kappa shape index (κ1) is 8.10. The van der Waals surface area contributed by atoms with Crippen LogP contribution in [0.3, 0.4) is 0 Å². The second-order valence-corrected chi connectivity index (χ2v) is 5.20. The zero-order chi connectivity index (χ0) is 7.83. The van der Waals surface area contributed by atoms with Gasteiger partial charge in [-0.05, 0) is 6.42 Å². The van der Waals surface area contributed by atoms with Crippen LogP contribution in [-0.2, 0) is 0 Å². The lowest BCUT2D eigenvalue weighted by molar-refractivity contribution is 0.150. The number of rotatable bonds is 0. The number of hydrogen-bond donors (Lipinski definition) is 0. The Labute approximate surface area is 65.0 Å². The van der Waals surface area contributed by atoms with E-state index in [4.69, 9.17) is 0 Å². The highest BCUT2D eigenvalue weighted by atomic mass is 14.4. The molecule has 60 valence electrons. The second-order valence-electron chi connectivity index (χ2n) is 5.20. The maximum atomic E-state index is 2.45. The van der Waals surface area contributed by atoms with Gasteiger partial charge in [0.05, 0.1) is 0 Å². The first-order valence-electron chi connectivity index (χ1n) is 4.23. The molecule has 0 amide bonds. The molecule has 0 nitrogen and oxygen atoms in total. The van der Waals surface area contributed by atoms with Crippen LogP contribution in [0.15, 0.2) is 0 Å². The first-order valence-corrected chi connectivity index (χ1v) is 4.23. The molecule has 0 aliphatic heterocycles. The average Bonchev–Trinajstić information content (AvgIpc) is 1.56. The Balaban J connectivity index is 2.56. The molecule has 1 aliphatic rings. The van der Waals surface area contributed by atoms with E-state index < -0.39 is 0 Å². The summed E-state index contributed by atoms with van der Waals surface area (Å²) in [4.78, 5) is 0. The van der Waals surface area contributed by atoms with Crippen molar-refractivity contribution >= 4 is 0 Å². The van der Waals surface area contributed by atoms with Crippen LogP contribution in [0.5, 0.6) is 0 Å². The Hall–Kier alpha value is 0. The molecule has 0 aromatic rings. The largest absolute Gasteiger partial charge is 0.327 e. The molecule has 1 aliphatic carbocycles. The molecule has 10 heavy (non-hydrogen) atoms. The summed E-state index contributed by atoms with van der Waals surface area (Å²) >= 11 is 0. The Morgan fingerprint density at radius 3 is 1.50 bits per heavy atom. The molecular formula is C10H19-. The first-order chi connectivity index (χ1) is 4.41. The van der Waals surface area contributed by atoms with Crippen molar-refractivity contribution in [1.82, 2.24) is 0 Å². The Bertz CT molecular complexity index is 106. The maximum Gasteiger partial charge on any atom is -0.0478 e. The van der Waals surface area contributed by atoms with E-state index in [1.807, 2.05) is 0 Å². The van der Waals surface area contributed by atoms with Gasteiger partial charge < -0.3 is 6.42 Å². The van der Waals surface area contributed by atoms with Crippen LogP contribution in [0.1, 0.15) is 47.0 Å². The standard InChI is InChI=1S/C10H19/c1-9(2)6-5-7-10(3,4)8-9/h5H,6-8H2,1-4H3/q-1. The molecule has 0 aromatic heterocycles. The second kappa shape index (κ2) is 2.25. The highest BCUT2D eigenvalue weighted by molar-refractivity contribution is 4.92. The van der Waals surface area contributed by atoms with Gasteiger partial charge in [-0.3, -0.25) is 0 Å². The zero-order valence-corrected chi connectivity index (χ0v) is 7.70. The topological polar surface area (TPSA) is 0 Å². The normalized spacial score (nSPS) is 30.0. The third kappa shape index (κ3) is 2.00. The van der Waals surface area contributed by atoms with Crippen LogP contribution in [0, 0.1) is 17.3 Å². The minimum atomic E-state index is 0.557. The lowest BCUT2D eigenvalue weighted by Gasteiger charge is -2.46. The maximum absolute atomic E-state index is 2.45. The molecule has 0 radical (unpaired) electrons. The molecule has 0 heterocycles. The van der Waals surface area contributed by atoms with Crippen LogP contribution in [0.4, 0.5) is 0 Å². The van der Waals surface area contributed by atoms with E-state index in [0.717, 1.165) is 0 Å². The molecule has 0 atom stereocenters. The summed E-state index contributed by atoms with van der Waals surface area (Å²) in [5.41, 5.74) is 1.11. The molecule has 0 bridgehead atoms. The van der Waals surface area contributed by atoms with Crippen molar-refractivity contribution < 1.29 is 0 Å². The number of hydrogen-bond acceptors (Lipinski definition) is 0. The molecule has 0 N–H and O–H groups in total. The van der Waals surface area contributed by atoms with Crippen LogP contribution in [-0.4, -0.2) is 0 Å². The molecule has 0 saturated heterocycles. The zero-order valence-electron chi connectivity index (χ0n) is 7.70. The van der Waals surface area contributed by atoms with Crippen LogP contribution in [0.2, 0.25) is 0 Å². The molecule has 1 fully saturated rings. The Morgan fingerprint density at radius 2 is 1.30 bits per heavy atom. The van der Waals surface area contributed by atoms with Gasteiger partial charge in [0.15, 0.2) is 0 Å². The predicted octanol–water partition coefficient (Wildman–Crippen LogP) is 3.43. The highest BCUT2D eigenvalue weighted by Gasteiger charge is 2.27. The summed E-state index contributed by atoms with van der Waals surface area (Å²) in [5.74, 6) is 0. The van der Waals surface area contributed by atoms with Gasteiger partial charge in [0, 0.05) is 0 Å². The van der Waals surface area contributed by atoms with Gasteiger partial charge in [0.25, 0.3) is 0 Å². The van der Waals surface area contributed by atoms with E-state index in [1.165, 1.54) is 19.3 Å². The minimum Gasteiger partial charge on any atom is -0.327 e. The minimum absolute atomic E-state index is 0.557. The van der Waals surface area contributed by atoms with E-state index in [1.54, 1.807) is 0 Å².